The number of hydrogen-bond donors (Lipinski definition) is 1. The van der Waals surface area contributed by atoms with Crippen molar-refractivity contribution < 1.29 is 13.9 Å². The zero-order chi connectivity index (χ0) is 24.1. The number of nitrogens with one attached hydrogen (secondary N) is 1. The van der Waals surface area contributed by atoms with Gasteiger partial charge in [-0.1, -0.05) is 54.7 Å². The van der Waals surface area contributed by atoms with Gasteiger partial charge in [0.15, 0.2) is 0 Å². The number of nitrogens with zero attached hydrogens (tertiary/aromatic N) is 3. The highest BCUT2D eigenvalue weighted by Crippen LogP contribution is 2.32. The summed E-state index contributed by atoms with van der Waals surface area (Å²) in [6.07, 6.45) is 1.65. The highest BCUT2D eigenvalue weighted by Gasteiger charge is 2.26. The summed E-state index contributed by atoms with van der Waals surface area (Å²) in [6.45, 7) is 6.52. The topological polar surface area (TPSA) is 59.4 Å². The summed E-state index contributed by atoms with van der Waals surface area (Å²) in [5.41, 5.74) is 1.85. The number of aromatic nitrogens is 2. The Kier molecular flexibility index (Phi) is 8.42. The highest BCUT2D eigenvalue weighted by molar-refractivity contribution is 6.42. The smallest absolute Gasteiger partial charge is 0.243 e. The number of fused-ring (bicyclic) bond motifs is 1. The van der Waals surface area contributed by atoms with E-state index in [1.54, 1.807) is 30.3 Å². The molecule has 1 amide bonds. The van der Waals surface area contributed by atoms with Crippen LogP contribution in [0.4, 0.5) is 4.39 Å². The van der Waals surface area contributed by atoms with Crippen molar-refractivity contribution in [2.75, 3.05) is 39.4 Å². The van der Waals surface area contributed by atoms with Crippen LogP contribution in [0.15, 0.2) is 36.4 Å². The molecule has 0 spiro atoms. The van der Waals surface area contributed by atoms with E-state index < -0.39 is 6.04 Å². The molecule has 2 aromatic carbocycles. The molecule has 1 atom stereocenters. The number of rotatable bonds is 9. The predicted molar refractivity (Wildman–Crippen MR) is 133 cm³/mol. The second kappa shape index (κ2) is 11.5. The highest BCUT2D eigenvalue weighted by atomic mass is 35.5. The Morgan fingerprint density at radius 1 is 1.21 bits per heavy atom. The number of benzene rings is 2. The van der Waals surface area contributed by atoms with Gasteiger partial charge in [0.25, 0.3) is 0 Å². The fourth-order valence-electron chi connectivity index (χ4n) is 4.36. The lowest BCUT2D eigenvalue weighted by Gasteiger charge is -2.27. The molecule has 1 saturated heterocycles. The van der Waals surface area contributed by atoms with Crippen LogP contribution in [0.1, 0.15) is 37.2 Å². The maximum Gasteiger partial charge on any atom is 0.243 e. The Morgan fingerprint density at radius 3 is 2.68 bits per heavy atom. The fraction of sp³-hybridized carbons (Fsp3) is 0.440. The van der Waals surface area contributed by atoms with Crippen molar-refractivity contribution in [2.45, 2.75) is 32.2 Å². The number of halogens is 3. The third-order valence-electron chi connectivity index (χ3n) is 6.12. The summed E-state index contributed by atoms with van der Waals surface area (Å²) in [5.74, 6) is 0.203. The van der Waals surface area contributed by atoms with Crippen molar-refractivity contribution >= 4 is 40.1 Å². The van der Waals surface area contributed by atoms with Crippen molar-refractivity contribution in [2.24, 2.45) is 0 Å². The lowest BCUT2D eigenvalue weighted by atomic mass is 10.1. The minimum atomic E-state index is -0.501. The van der Waals surface area contributed by atoms with Gasteiger partial charge < -0.3 is 14.6 Å². The van der Waals surface area contributed by atoms with Crippen LogP contribution in [0.25, 0.3) is 11.0 Å². The zero-order valence-corrected chi connectivity index (χ0v) is 20.7. The fourth-order valence-corrected chi connectivity index (χ4v) is 4.67. The predicted octanol–water partition coefficient (Wildman–Crippen LogP) is 4.86. The number of carbonyl (C=O) groups excluding carboxylic acids is 1. The van der Waals surface area contributed by atoms with E-state index in [1.165, 1.54) is 6.07 Å². The quantitative estimate of drug-likeness (QED) is 0.450. The third kappa shape index (κ3) is 5.71. The maximum absolute atomic E-state index is 14.5. The van der Waals surface area contributed by atoms with Crippen LogP contribution in [0.3, 0.4) is 0 Å². The Labute approximate surface area is 209 Å². The monoisotopic (exact) mass is 506 g/mol. The molecule has 0 bridgehead atoms. The van der Waals surface area contributed by atoms with E-state index in [2.05, 4.69) is 10.2 Å². The standard InChI is InChI=1S/C25H29Cl2FN4O2/c1-2-5-22(25(33)29-8-9-31-10-12-34-13-11-31)32-23-16-19(27)18(26)15-21(23)30-24(32)14-17-6-3-4-7-20(17)28/h3-4,6-7,15-16,22H,2,5,8-14H2,1H3,(H,29,33). The normalized spacial score (nSPS) is 15.5. The molecule has 0 saturated carbocycles. The van der Waals surface area contributed by atoms with Gasteiger partial charge in [-0.25, -0.2) is 9.37 Å². The molecule has 1 fully saturated rings. The minimum absolute atomic E-state index is 0.0877. The molecule has 1 unspecified atom stereocenters. The van der Waals surface area contributed by atoms with Crippen molar-refractivity contribution in [1.29, 1.82) is 0 Å². The summed E-state index contributed by atoms with van der Waals surface area (Å²) in [5, 5.41) is 3.87. The Balaban J connectivity index is 1.65. The molecule has 3 aromatic rings. The Hall–Kier alpha value is -2.19. The first-order chi connectivity index (χ1) is 16.5. The molecule has 182 valence electrons. The molecule has 1 aliphatic heterocycles. The van der Waals surface area contributed by atoms with Gasteiger partial charge in [0.1, 0.15) is 17.7 Å². The van der Waals surface area contributed by atoms with E-state index in [-0.39, 0.29) is 18.1 Å². The summed E-state index contributed by atoms with van der Waals surface area (Å²) < 4.78 is 21.8. The van der Waals surface area contributed by atoms with E-state index in [9.17, 15) is 9.18 Å². The SMILES string of the molecule is CCCC(C(=O)NCCN1CCOCC1)n1c(Cc2ccccc2F)nc2cc(Cl)c(Cl)cc21. The van der Waals surface area contributed by atoms with Gasteiger partial charge in [0, 0.05) is 32.6 Å². The van der Waals surface area contributed by atoms with Crippen LogP contribution < -0.4 is 5.32 Å². The molecule has 34 heavy (non-hydrogen) atoms. The molecule has 4 rings (SSSR count). The van der Waals surface area contributed by atoms with E-state index in [0.29, 0.717) is 45.4 Å². The number of hydrogen-bond acceptors (Lipinski definition) is 4. The number of ether oxygens (including phenoxy) is 1. The number of imidazole rings is 1. The molecular formula is C25H29Cl2FN4O2. The van der Waals surface area contributed by atoms with Crippen LogP contribution in [-0.2, 0) is 16.0 Å². The summed E-state index contributed by atoms with van der Waals surface area (Å²) >= 11 is 12.6. The molecule has 1 N–H and O–H groups in total. The average Bonchev–Trinajstić information content (AvgIpc) is 3.16. The van der Waals surface area contributed by atoms with Gasteiger partial charge in [-0.2, -0.15) is 0 Å². The van der Waals surface area contributed by atoms with Gasteiger partial charge in [-0.15, -0.1) is 0 Å². The summed E-state index contributed by atoms with van der Waals surface area (Å²) in [4.78, 5) is 20.4. The van der Waals surface area contributed by atoms with Crippen LogP contribution in [-0.4, -0.2) is 59.8 Å². The Morgan fingerprint density at radius 2 is 1.94 bits per heavy atom. The number of carbonyl (C=O) groups is 1. The number of amides is 1. The lowest BCUT2D eigenvalue weighted by Crippen LogP contribution is -2.42. The molecule has 6 nitrogen and oxygen atoms in total. The van der Waals surface area contributed by atoms with Crippen LogP contribution in [0, 0.1) is 5.82 Å². The van der Waals surface area contributed by atoms with Crippen LogP contribution in [0.5, 0.6) is 0 Å². The van der Waals surface area contributed by atoms with Crippen molar-refractivity contribution in [3.8, 4) is 0 Å². The maximum atomic E-state index is 14.5. The minimum Gasteiger partial charge on any atom is -0.379 e. The molecular weight excluding hydrogens is 478 g/mol. The molecule has 0 aliphatic carbocycles. The van der Waals surface area contributed by atoms with Gasteiger partial charge in [0.2, 0.25) is 5.91 Å². The first kappa shape index (κ1) is 24.9. The first-order valence-electron chi connectivity index (χ1n) is 11.6. The molecule has 0 radical (unpaired) electrons. The average molecular weight is 507 g/mol. The van der Waals surface area contributed by atoms with E-state index in [0.717, 1.165) is 39.3 Å². The number of morpholine rings is 1. The van der Waals surface area contributed by atoms with Crippen molar-refractivity contribution in [1.82, 2.24) is 19.8 Å². The lowest BCUT2D eigenvalue weighted by molar-refractivity contribution is -0.124. The molecule has 2 heterocycles. The van der Waals surface area contributed by atoms with Gasteiger partial charge in [-0.3, -0.25) is 9.69 Å². The Bertz CT molecular complexity index is 1150. The molecule has 1 aliphatic rings. The molecule has 1 aromatic heterocycles. The van der Waals surface area contributed by atoms with E-state index in [4.69, 9.17) is 32.9 Å². The van der Waals surface area contributed by atoms with Gasteiger partial charge in [0.05, 0.1) is 34.3 Å². The summed E-state index contributed by atoms with van der Waals surface area (Å²) in [7, 11) is 0. The van der Waals surface area contributed by atoms with Gasteiger partial charge >= 0.3 is 0 Å². The van der Waals surface area contributed by atoms with Crippen molar-refractivity contribution in [3.63, 3.8) is 0 Å². The first-order valence-corrected chi connectivity index (χ1v) is 12.4. The van der Waals surface area contributed by atoms with Crippen LogP contribution in [0.2, 0.25) is 10.0 Å². The third-order valence-corrected chi connectivity index (χ3v) is 6.84. The molecule has 9 heteroatoms. The van der Waals surface area contributed by atoms with E-state index >= 15 is 0 Å². The summed E-state index contributed by atoms with van der Waals surface area (Å²) in [6, 6.07) is 9.54. The largest absolute Gasteiger partial charge is 0.379 e. The second-order valence-electron chi connectivity index (χ2n) is 8.47. The zero-order valence-electron chi connectivity index (χ0n) is 19.2. The van der Waals surface area contributed by atoms with Crippen LogP contribution >= 0.6 is 23.2 Å². The second-order valence-corrected chi connectivity index (χ2v) is 9.29. The van der Waals surface area contributed by atoms with Gasteiger partial charge in [-0.05, 0) is 30.2 Å². The van der Waals surface area contributed by atoms with E-state index in [1.807, 2.05) is 11.5 Å². The van der Waals surface area contributed by atoms with Crippen molar-refractivity contribution in [3.05, 3.63) is 63.6 Å².